The molecule has 22 heavy (non-hydrogen) atoms. The Kier molecular flexibility index (Phi) is 3.45. The zero-order valence-corrected chi connectivity index (χ0v) is 12.4. The zero-order chi connectivity index (χ0) is 15.9. The summed E-state index contributed by atoms with van der Waals surface area (Å²) >= 11 is 0. The van der Waals surface area contributed by atoms with E-state index in [4.69, 9.17) is 9.52 Å². The van der Waals surface area contributed by atoms with E-state index in [-0.39, 0.29) is 11.8 Å². The number of carboxylic acid groups (broad SMARTS) is 1. The maximum Gasteiger partial charge on any atom is 0.304 e. The van der Waals surface area contributed by atoms with Crippen LogP contribution in [0.5, 0.6) is 0 Å². The first kappa shape index (κ1) is 14.3. The standard InChI is InChI=1S/C18H16O4/c1-10-7-8-14-16(21)13-6-4-3-5-12(9-15(19)20)18(13)22-17(14)11(10)2/h3-8,12H,9H2,1-2H3,(H,19,20). The van der Waals surface area contributed by atoms with Crippen LogP contribution in [-0.2, 0) is 4.79 Å². The molecule has 2 aromatic rings. The van der Waals surface area contributed by atoms with Gasteiger partial charge in [0, 0.05) is 5.92 Å². The van der Waals surface area contributed by atoms with Crippen molar-refractivity contribution in [3.63, 3.8) is 0 Å². The Morgan fingerprint density at radius 1 is 1.27 bits per heavy atom. The van der Waals surface area contributed by atoms with Gasteiger partial charge in [-0.05, 0) is 37.1 Å². The number of fused-ring (bicyclic) bond motifs is 2. The van der Waals surface area contributed by atoms with Gasteiger partial charge in [-0.1, -0.05) is 24.3 Å². The van der Waals surface area contributed by atoms with E-state index in [0.29, 0.717) is 22.3 Å². The van der Waals surface area contributed by atoms with Crippen molar-refractivity contribution in [2.45, 2.75) is 26.2 Å². The summed E-state index contributed by atoms with van der Waals surface area (Å²) in [5, 5.41) is 9.62. The molecule has 1 unspecified atom stereocenters. The van der Waals surface area contributed by atoms with Crippen molar-refractivity contribution < 1.29 is 14.3 Å². The summed E-state index contributed by atoms with van der Waals surface area (Å²) in [6.07, 6.45) is 6.84. The van der Waals surface area contributed by atoms with Crippen LogP contribution in [0.25, 0.3) is 17.0 Å². The van der Waals surface area contributed by atoms with Crippen molar-refractivity contribution in [2.75, 3.05) is 0 Å². The molecule has 0 bridgehead atoms. The zero-order valence-electron chi connectivity index (χ0n) is 12.4. The third-order valence-corrected chi connectivity index (χ3v) is 4.09. The number of hydrogen-bond acceptors (Lipinski definition) is 3. The molecule has 0 fully saturated rings. The summed E-state index contributed by atoms with van der Waals surface area (Å²) in [5.74, 6) is -0.940. The minimum atomic E-state index is -0.925. The highest BCUT2D eigenvalue weighted by atomic mass is 16.4. The van der Waals surface area contributed by atoms with Crippen molar-refractivity contribution in [1.29, 1.82) is 0 Å². The van der Waals surface area contributed by atoms with Crippen molar-refractivity contribution in [3.05, 3.63) is 63.0 Å². The van der Waals surface area contributed by atoms with Crippen LogP contribution in [0.3, 0.4) is 0 Å². The van der Waals surface area contributed by atoms with E-state index in [1.807, 2.05) is 19.9 Å². The summed E-state index contributed by atoms with van der Waals surface area (Å²) in [6.45, 7) is 3.86. The molecule has 0 spiro atoms. The fraction of sp³-hybridized carbons (Fsp3) is 0.222. The highest BCUT2D eigenvalue weighted by Crippen LogP contribution is 2.31. The van der Waals surface area contributed by atoms with Gasteiger partial charge in [0.2, 0.25) is 0 Å². The second-order valence-electron chi connectivity index (χ2n) is 5.54. The van der Waals surface area contributed by atoms with Gasteiger partial charge in [-0.3, -0.25) is 9.59 Å². The lowest BCUT2D eigenvalue weighted by Crippen LogP contribution is -2.13. The Morgan fingerprint density at radius 3 is 2.77 bits per heavy atom. The van der Waals surface area contributed by atoms with Crippen LogP contribution in [0.15, 0.2) is 39.6 Å². The van der Waals surface area contributed by atoms with Crippen molar-refractivity contribution in [2.24, 2.45) is 0 Å². The lowest BCUT2D eigenvalue weighted by molar-refractivity contribution is -0.137. The lowest BCUT2D eigenvalue weighted by Gasteiger charge is -2.14. The molecule has 0 saturated heterocycles. The number of aliphatic carboxylic acids is 1. The van der Waals surface area contributed by atoms with Crippen LogP contribution in [-0.4, -0.2) is 11.1 Å². The molecule has 0 radical (unpaired) electrons. The molecule has 1 aliphatic carbocycles. The van der Waals surface area contributed by atoms with Gasteiger partial charge in [0.15, 0.2) is 5.43 Å². The molecule has 0 saturated carbocycles. The SMILES string of the molecule is Cc1ccc2c(=O)c3c(oc2c1C)C(CC(=O)O)C=CC=C3. The van der Waals surface area contributed by atoms with Gasteiger partial charge in [0.1, 0.15) is 11.3 Å². The number of carbonyl (C=O) groups is 1. The normalized spacial score (nSPS) is 16.5. The van der Waals surface area contributed by atoms with Crippen molar-refractivity contribution >= 4 is 23.0 Å². The second kappa shape index (κ2) is 5.30. The van der Waals surface area contributed by atoms with E-state index in [1.165, 1.54) is 0 Å². The molecule has 112 valence electrons. The molecule has 0 amide bonds. The minimum Gasteiger partial charge on any atom is -0.481 e. The molecule has 1 heterocycles. The smallest absolute Gasteiger partial charge is 0.304 e. The molecule has 3 rings (SSSR count). The molecule has 1 atom stereocenters. The number of aryl methyl sites for hydroxylation is 2. The summed E-state index contributed by atoms with van der Waals surface area (Å²) in [6, 6.07) is 3.66. The molecule has 0 aliphatic heterocycles. The van der Waals surface area contributed by atoms with E-state index < -0.39 is 11.9 Å². The van der Waals surface area contributed by atoms with Gasteiger partial charge < -0.3 is 9.52 Å². The van der Waals surface area contributed by atoms with Crippen LogP contribution >= 0.6 is 0 Å². The van der Waals surface area contributed by atoms with E-state index in [2.05, 4.69) is 0 Å². The molecular weight excluding hydrogens is 280 g/mol. The lowest BCUT2D eigenvalue weighted by atomic mass is 9.96. The van der Waals surface area contributed by atoms with Crippen molar-refractivity contribution in [1.82, 2.24) is 0 Å². The first-order valence-electron chi connectivity index (χ1n) is 7.12. The largest absolute Gasteiger partial charge is 0.481 e. The quantitative estimate of drug-likeness (QED) is 0.920. The average molecular weight is 296 g/mol. The van der Waals surface area contributed by atoms with Crippen molar-refractivity contribution in [3.8, 4) is 0 Å². The maximum atomic E-state index is 12.7. The molecule has 1 aliphatic rings. The Bertz CT molecular complexity index is 884. The number of rotatable bonds is 2. The van der Waals surface area contributed by atoms with Gasteiger partial charge in [-0.25, -0.2) is 0 Å². The number of carboxylic acids is 1. The van der Waals surface area contributed by atoms with E-state index in [9.17, 15) is 9.59 Å². The molecular formula is C18H16O4. The van der Waals surface area contributed by atoms with Gasteiger partial charge in [-0.15, -0.1) is 0 Å². The molecule has 4 nitrogen and oxygen atoms in total. The topological polar surface area (TPSA) is 67.5 Å². The number of allylic oxidation sites excluding steroid dienone is 3. The predicted molar refractivity (Wildman–Crippen MR) is 85.1 cm³/mol. The van der Waals surface area contributed by atoms with Crippen LogP contribution in [0.4, 0.5) is 0 Å². The van der Waals surface area contributed by atoms with Gasteiger partial charge in [0.05, 0.1) is 17.4 Å². The summed E-state index contributed by atoms with van der Waals surface area (Å²) in [5.41, 5.74) is 2.80. The fourth-order valence-corrected chi connectivity index (χ4v) is 2.74. The van der Waals surface area contributed by atoms with Crippen LogP contribution in [0.1, 0.15) is 34.8 Å². The summed E-state index contributed by atoms with van der Waals surface area (Å²) in [7, 11) is 0. The Hall–Kier alpha value is -2.62. The highest BCUT2D eigenvalue weighted by Gasteiger charge is 2.23. The fourth-order valence-electron chi connectivity index (χ4n) is 2.74. The second-order valence-corrected chi connectivity index (χ2v) is 5.54. The Balaban J connectivity index is 2.35. The maximum absolute atomic E-state index is 12.7. The average Bonchev–Trinajstić information content (AvgIpc) is 2.66. The van der Waals surface area contributed by atoms with E-state index >= 15 is 0 Å². The molecule has 4 heteroatoms. The predicted octanol–water partition coefficient (Wildman–Crippen LogP) is 3.55. The third-order valence-electron chi connectivity index (χ3n) is 4.09. The Morgan fingerprint density at radius 2 is 2.05 bits per heavy atom. The molecule has 1 aromatic heterocycles. The highest BCUT2D eigenvalue weighted by molar-refractivity contribution is 5.83. The number of hydrogen-bond donors (Lipinski definition) is 1. The Labute approximate surface area is 127 Å². The van der Waals surface area contributed by atoms with E-state index in [1.54, 1.807) is 30.4 Å². The summed E-state index contributed by atoms with van der Waals surface area (Å²) in [4.78, 5) is 23.8. The first-order valence-corrected chi connectivity index (χ1v) is 7.12. The van der Waals surface area contributed by atoms with Gasteiger partial charge in [-0.2, -0.15) is 0 Å². The monoisotopic (exact) mass is 296 g/mol. The van der Waals surface area contributed by atoms with Crippen LogP contribution < -0.4 is 5.43 Å². The van der Waals surface area contributed by atoms with Gasteiger partial charge in [0.25, 0.3) is 0 Å². The van der Waals surface area contributed by atoms with Crippen LogP contribution in [0.2, 0.25) is 0 Å². The first-order chi connectivity index (χ1) is 10.5. The number of benzene rings is 1. The van der Waals surface area contributed by atoms with E-state index in [0.717, 1.165) is 11.1 Å². The summed E-state index contributed by atoms with van der Waals surface area (Å²) < 4.78 is 6.00. The minimum absolute atomic E-state index is 0.107. The third kappa shape index (κ3) is 2.26. The van der Waals surface area contributed by atoms with Gasteiger partial charge >= 0.3 is 5.97 Å². The molecule has 1 aromatic carbocycles. The molecule has 1 N–H and O–H groups in total. The van der Waals surface area contributed by atoms with Crippen LogP contribution in [0, 0.1) is 13.8 Å².